The molecule has 0 aromatic rings. The van der Waals surface area contributed by atoms with Crippen LogP contribution in [0.15, 0.2) is 0 Å². The van der Waals surface area contributed by atoms with Gasteiger partial charge in [-0.25, -0.2) is 0 Å². The van der Waals surface area contributed by atoms with E-state index in [0.717, 1.165) is 0 Å². The molecule has 0 fully saturated rings. The Morgan fingerprint density at radius 2 is 1.00 bits per heavy atom. The molecule has 2 radical (unpaired) electrons. The minimum absolute atomic E-state index is 0. The summed E-state index contributed by atoms with van der Waals surface area (Å²) in [6.45, 7) is 0. The van der Waals surface area contributed by atoms with Crippen molar-refractivity contribution in [2.45, 2.75) is 0 Å². The maximum atomic E-state index is 0. The summed E-state index contributed by atoms with van der Waals surface area (Å²) in [5, 5.41) is 0. The van der Waals surface area contributed by atoms with Crippen LogP contribution >= 0.6 is 0 Å². The van der Waals surface area contributed by atoms with Crippen molar-refractivity contribution in [3.8, 4) is 0 Å². The van der Waals surface area contributed by atoms with Gasteiger partial charge in [0.2, 0.25) is 0 Å². The van der Waals surface area contributed by atoms with E-state index in [4.69, 9.17) is 0 Å². The number of hydrogen-bond acceptors (Lipinski definition) is 0. The van der Waals surface area contributed by atoms with Crippen molar-refractivity contribution in [1.82, 2.24) is 0 Å². The monoisotopic (exact) mass is 284 g/mol. The third-order valence-corrected chi connectivity index (χ3v) is 0. The predicted molar refractivity (Wildman–Crippen MR) is 7.15 cm³/mol. The summed E-state index contributed by atoms with van der Waals surface area (Å²) in [5.41, 5.74) is 0. The summed E-state index contributed by atoms with van der Waals surface area (Å²) in [4.78, 5) is 0. The van der Waals surface area contributed by atoms with Crippen LogP contribution in [0.3, 0.4) is 0 Å². The van der Waals surface area contributed by atoms with Gasteiger partial charge >= 0.3 is 18.9 Å². The molecule has 0 bridgehead atoms. The second-order valence-electron chi connectivity index (χ2n) is 0. The van der Waals surface area contributed by atoms with Gasteiger partial charge in [0, 0.05) is 89.1 Å². The van der Waals surface area contributed by atoms with Gasteiger partial charge in [-0.2, -0.15) is 0 Å². The van der Waals surface area contributed by atoms with Crippen LogP contribution in [-0.2, 0) is 89.1 Å². The molecule has 0 saturated carbocycles. The smallest absolute Gasteiger partial charge is 0 e. The van der Waals surface area contributed by atoms with E-state index in [1.54, 1.807) is 0 Å². The van der Waals surface area contributed by atoms with Gasteiger partial charge in [-0.05, 0) is 0 Å². The first kappa shape index (κ1) is 58.1. The molecule has 0 aromatic carbocycles. The quantitative estimate of drug-likeness (QED) is 0.518. The van der Waals surface area contributed by atoms with Gasteiger partial charge in [-0.3, -0.25) is 0 Å². The zero-order valence-electron chi connectivity index (χ0n) is 1.88. The first-order valence-electron chi connectivity index (χ1n) is 0. The molecule has 0 saturated heterocycles. The Bertz CT molecular complexity index is 15.5. The summed E-state index contributed by atoms with van der Waals surface area (Å²) in [5.74, 6) is 0. The molecule has 0 N–H and O–H groups in total. The summed E-state index contributed by atoms with van der Waals surface area (Å²) in [6, 6.07) is 0. The molecule has 0 aliphatic rings. The van der Waals surface area contributed by atoms with E-state index in [1.807, 2.05) is 0 Å². The van der Waals surface area contributed by atoms with Crippen molar-refractivity contribution in [3.63, 3.8) is 0 Å². The van der Waals surface area contributed by atoms with E-state index < -0.39 is 0 Å². The topological polar surface area (TPSA) is 0 Å². The molecule has 0 unspecified atom stereocenters. The van der Waals surface area contributed by atoms with Crippen LogP contribution in [0.2, 0.25) is 0 Å². The molecule has 0 spiro atoms. The van der Waals surface area contributed by atoms with Crippen LogP contribution in [0, 0.1) is 0 Å². The van der Waals surface area contributed by atoms with E-state index in [2.05, 4.69) is 0 Å². The maximum Gasteiger partial charge on any atom is 0 e. The molecular formula is HCoFeLiMnNiTi. The van der Waals surface area contributed by atoms with Crippen molar-refractivity contribution < 1.29 is 89.1 Å². The summed E-state index contributed by atoms with van der Waals surface area (Å²) in [6.07, 6.45) is 0. The van der Waals surface area contributed by atoms with Crippen LogP contribution in [0.5, 0.6) is 0 Å². The van der Waals surface area contributed by atoms with E-state index in [0.29, 0.717) is 0 Å². The van der Waals surface area contributed by atoms with Crippen molar-refractivity contribution in [2.75, 3.05) is 0 Å². The van der Waals surface area contributed by atoms with Crippen molar-refractivity contribution in [1.29, 1.82) is 0 Å². The Kier molecular flexibility index (Phi) is 389. The van der Waals surface area contributed by atoms with Crippen LogP contribution in [-0.4, -0.2) is 18.9 Å². The molecule has 0 nitrogen and oxygen atoms in total. The molecule has 0 rings (SSSR count). The minimum Gasteiger partial charge on any atom is 0 e. The van der Waals surface area contributed by atoms with Gasteiger partial charge in [0.25, 0.3) is 0 Å². The third kappa shape index (κ3) is 26.4. The predicted octanol–water partition coefficient (Wildman–Crippen LogP) is -0.661. The van der Waals surface area contributed by atoms with Crippen LogP contribution < -0.4 is 0 Å². The van der Waals surface area contributed by atoms with Gasteiger partial charge in [0.05, 0.1) is 0 Å². The Balaban J connectivity index is 0. The minimum atomic E-state index is 0. The van der Waals surface area contributed by atoms with Gasteiger partial charge in [0.15, 0.2) is 0 Å². The average Bonchev–Trinajstić information content (AvgIpc) is 0. The molecular weight excluding hydrogens is 283 g/mol. The summed E-state index contributed by atoms with van der Waals surface area (Å²) < 4.78 is 0. The van der Waals surface area contributed by atoms with E-state index in [9.17, 15) is 0 Å². The Hall–Kier alpha value is 3.35. The SMILES string of the molecule is [Co].[Fe].[LiH].[Mn].[Ni].[Ti]. The Morgan fingerprint density at radius 3 is 1.00 bits per heavy atom. The molecule has 6 heteroatoms. The molecule has 0 heterocycles. The van der Waals surface area contributed by atoms with Crippen LogP contribution in [0.25, 0.3) is 0 Å². The largest absolute Gasteiger partial charge is 0 e. The first-order valence-corrected chi connectivity index (χ1v) is 0. The number of rotatable bonds is 0. The van der Waals surface area contributed by atoms with Crippen molar-refractivity contribution in [3.05, 3.63) is 0 Å². The zero-order chi connectivity index (χ0) is 0. The maximum absolute atomic E-state index is 0. The second kappa shape index (κ2) is 40.2. The van der Waals surface area contributed by atoms with E-state index in [-0.39, 0.29) is 108 Å². The molecule has 0 atom stereocenters. The fourth-order valence-electron chi connectivity index (χ4n) is 0. The average molecular weight is 284 g/mol. The molecule has 0 aromatic heterocycles. The van der Waals surface area contributed by atoms with Gasteiger partial charge in [-0.15, -0.1) is 0 Å². The van der Waals surface area contributed by atoms with Crippen LogP contribution in [0.1, 0.15) is 0 Å². The molecule has 0 aliphatic carbocycles. The molecule has 0 amide bonds. The first-order chi connectivity index (χ1) is 0. The summed E-state index contributed by atoms with van der Waals surface area (Å²) in [7, 11) is 0. The second-order valence-corrected chi connectivity index (χ2v) is 0. The zero-order valence-corrected chi connectivity index (χ0v) is 7.76. The van der Waals surface area contributed by atoms with Gasteiger partial charge in [-0.1, -0.05) is 0 Å². The molecule has 0 aliphatic heterocycles. The Labute approximate surface area is 106 Å². The molecule has 40 valence electrons. The van der Waals surface area contributed by atoms with Gasteiger partial charge in [0.1, 0.15) is 0 Å². The fourth-order valence-corrected chi connectivity index (χ4v) is 0. The third-order valence-electron chi connectivity index (χ3n) is 0. The number of hydrogen-bond donors (Lipinski definition) is 0. The van der Waals surface area contributed by atoms with Gasteiger partial charge < -0.3 is 0 Å². The van der Waals surface area contributed by atoms with Crippen molar-refractivity contribution >= 4 is 18.9 Å². The Morgan fingerprint density at radius 1 is 1.00 bits per heavy atom. The fraction of sp³-hybridized carbons (Fsp3) is 0. The van der Waals surface area contributed by atoms with Crippen LogP contribution in [0.4, 0.5) is 0 Å². The normalized spacial score (nSPS) is 0. The molecule has 6 heavy (non-hydrogen) atoms. The standard InChI is InChI=1S/Co.Fe.Li.Mn.Ni.Ti.H. The van der Waals surface area contributed by atoms with Crippen molar-refractivity contribution in [2.24, 2.45) is 0 Å². The summed E-state index contributed by atoms with van der Waals surface area (Å²) >= 11 is 0. The van der Waals surface area contributed by atoms with E-state index in [1.165, 1.54) is 0 Å². The van der Waals surface area contributed by atoms with E-state index >= 15 is 0 Å².